The lowest BCUT2D eigenvalue weighted by molar-refractivity contribution is 0.101. The van der Waals surface area contributed by atoms with E-state index in [1.54, 1.807) is 6.07 Å². The van der Waals surface area contributed by atoms with Gasteiger partial charge in [-0.05, 0) is 64.7 Å². The van der Waals surface area contributed by atoms with E-state index in [2.05, 4.69) is 53.5 Å². The fourth-order valence-corrected chi connectivity index (χ4v) is 4.20. The molecule has 5 aromatic rings. The van der Waals surface area contributed by atoms with E-state index in [0.29, 0.717) is 17.1 Å². The first kappa shape index (κ1) is 19.2. The molecule has 0 fully saturated rings. The van der Waals surface area contributed by atoms with Crippen LogP contribution in [0.15, 0.2) is 115 Å². The van der Waals surface area contributed by atoms with Crippen molar-refractivity contribution in [2.24, 2.45) is 0 Å². The summed E-state index contributed by atoms with van der Waals surface area (Å²) in [5.41, 5.74) is 6.88. The zero-order valence-corrected chi connectivity index (χ0v) is 17.7. The number of hydrogen-bond acceptors (Lipinski definition) is 3. The van der Waals surface area contributed by atoms with Crippen molar-refractivity contribution in [3.63, 3.8) is 0 Å². The Labute approximate surface area is 191 Å². The molecule has 0 unspecified atom stereocenters. The lowest BCUT2D eigenvalue weighted by atomic mass is 9.98. The highest BCUT2D eigenvalue weighted by Crippen LogP contribution is 2.32. The summed E-state index contributed by atoms with van der Waals surface area (Å²) in [5.74, 6) is 0.882. The van der Waals surface area contributed by atoms with E-state index in [0.717, 1.165) is 38.7 Å². The summed E-state index contributed by atoms with van der Waals surface area (Å²) in [6.45, 7) is 0. The van der Waals surface area contributed by atoms with E-state index in [-0.39, 0.29) is 5.78 Å². The standard InChI is InChI=1S/C30H19NO2/c32-30-26-12-2-4-14-28(26)33-29(30)16-20-7-5-9-21(15-20)22-10-6-11-23(17-22)25-18-24-8-1-3-13-27(24)31-19-25/h1-19H/b29-16-. The van der Waals surface area contributed by atoms with Crippen LogP contribution in [0.1, 0.15) is 15.9 Å². The quantitative estimate of drug-likeness (QED) is 0.287. The van der Waals surface area contributed by atoms with Crippen LogP contribution in [0.3, 0.4) is 0 Å². The molecule has 2 heterocycles. The molecule has 3 nitrogen and oxygen atoms in total. The Kier molecular flexibility index (Phi) is 4.59. The smallest absolute Gasteiger partial charge is 0.231 e. The minimum Gasteiger partial charge on any atom is -0.452 e. The second-order valence-electron chi connectivity index (χ2n) is 8.06. The Morgan fingerprint density at radius 2 is 1.39 bits per heavy atom. The van der Waals surface area contributed by atoms with E-state index in [4.69, 9.17) is 4.74 Å². The summed E-state index contributed by atoms with van der Waals surface area (Å²) in [4.78, 5) is 17.3. The molecule has 0 amide bonds. The van der Waals surface area contributed by atoms with Crippen LogP contribution in [-0.4, -0.2) is 10.8 Å². The van der Waals surface area contributed by atoms with Crippen molar-refractivity contribution in [3.05, 3.63) is 126 Å². The maximum absolute atomic E-state index is 12.7. The molecule has 0 bridgehead atoms. The molecule has 0 N–H and O–H groups in total. The number of ketones is 1. The van der Waals surface area contributed by atoms with Crippen molar-refractivity contribution < 1.29 is 9.53 Å². The molecule has 0 aliphatic carbocycles. The largest absolute Gasteiger partial charge is 0.452 e. The molecular weight excluding hydrogens is 406 g/mol. The third-order valence-corrected chi connectivity index (χ3v) is 5.88. The highest BCUT2D eigenvalue weighted by Gasteiger charge is 2.26. The predicted molar refractivity (Wildman–Crippen MR) is 132 cm³/mol. The van der Waals surface area contributed by atoms with Crippen LogP contribution >= 0.6 is 0 Å². The molecule has 4 aromatic carbocycles. The van der Waals surface area contributed by atoms with E-state index in [1.807, 2.05) is 60.8 Å². The van der Waals surface area contributed by atoms with Crippen molar-refractivity contribution in [3.8, 4) is 28.0 Å². The predicted octanol–water partition coefficient (Wildman–Crippen LogP) is 7.19. The van der Waals surface area contributed by atoms with Crippen molar-refractivity contribution >= 4 is 22.8 Å². The van der Waals surface area contributed by atoms with Crippen molar-refractivity contribution in [1.29, 1.82) is 0 Å². The summed E-state index contributed by atoms with van der Waals surface area (Å²) in [7, 11) is 0. The normalized spacial score (nSPS) is 13.8. The number of carbonyl (C=O) groups excluding carboxylic acids is 1. The Hall–Kier alpha value is -4.50. The fraction of sp³-hybridized carbons (Fsp3) is 0. The van der Waals surface area contributed by atoms with E-state index >= 15 is 0 Å². The number of allylic oxidation sites excluding steroid dienone is 1. The maximum Gasteiger partial charge on any atom is 0.231 e. The number of carbonyl (C=O) groups is 1. The van der Waals surface area contributed by atoms with Crippen LogP contribution in [0.25, 0.3) is 39.2 Å². The summed E-state index contributed by atoms with van der Waals surface area (Å²) in [6.07, 6.45) is 3.73. The Bertz CT molecular complexity index is 1570. The van der Waals surface area contributed by atoms with E-state index in [1.165, 1.54) is 0 Å². The minimum absolute atomic E-state index is 0.0817. The van der Waals surface area contributed by atoms with Crippen molar-refractivity contribution in [2.45, 2.75) is 0 Å². The van der Waals surface area contributed by atoms with Gasteiger partial charge in [0.25, 0.3) is 0 Å². The molecule has 0 radical (unpaired) electrons. The zero-order chi connectivity index (χ0) is 22.2. The molecule has 1 aliphatic heterocycles. The average molecular weight is 425 g/mol. The van der Waals surface area contributed by atoms with Gasteiger partial charge in [-0.15, -0.1) is 0 Å². The van der Waals surface area contributed by atoms with Crippen LogP contribution < -0.4 is 4.74 Å². The minimum atomic E-state index is -0.0817. The first-order chi connectivity index (χ1) is 16.2. The van der Waals surface area contributed by atoms with Crippen LogP contribution in [0.5, 0.6) is 5.75 Å². The number of hydrogen-bond donors (Lipinski definition) is 0. The third-order valence-electron chi connectivity index (χ3n) is 5.88. The van der Waals surface area contributed by atoms with Crippen LogP contribution in [0.2, 0.25) is 0 Å². The second-order valence-corrected chi connectivity index (χ2v) is 8.06. The number of nitrogens with zero attached hydrogens (tertiary/aromatic N) is 1. The molecule has 0 atom stereocenters. The van der Waals surface area contributed by atoms with Crippen molar-refractivity contribution in [2.75, 3.05) is 0 Å². The van der Waals surface area contributed by atoms with Gasteiger partial charge in [0.05, 0.1) is 11.1 Å². The fourth-order valence-electron chi connectivity index (χ4n) is 4.20. The van der Waals surface area contributed by atoms with Crippen LogP contribution in [0.4, 0.5) is 0 Å². The Morgan fingerprint density at radius 3 is 2.27 bits per heavy atom. The molecule has 1 aliphatic rings. The second kappa shape index (κ2) is 7.88. The number of aromatic nitrogens is 1. The van der Waals surface area contributed by atoms with Crippen molar-refractivity contribution in [1.82, 2.24) is 4.98 Å². The third kappa shape index (κ3) is 3.60. The summed E-state index contributed by atoms with van der Waals surface area (Å²) < 4.78 is 5.79. The highest BCUT2D eigenvalue weighted by atomic mass is 16.5. The van der Waals surface area contributed by atoms with Crippen LogP contribution in [0, 0.1) is 0 Å². The number of ether oxygens (including phenoxy) is 1. The zero-order valence-electron chi connectivity index (χ0n) is 17.7. The van der Waals surface area contributed by atoms with Gasteiger partial charge < -0.3 is 4.74 Å². The molecule has 0 saturated carbocycles. The summed E-state index contributed by atoms with van der Waals surface area (Å²) in [5, 5.41) is 1.12. The molecule has 156 valence electrons. The lowest BCUT2D eigenvalue weighted by Gasteiger charge is -2.08. The molecule has 1 aromatic heterocycles. The van der Waals surface area contributed by atoms with Gasteiger partial charge >= 0.3 is 0 Å². The average Bonchev–Trinajstić information content (AvgIpc) is 3.19. The number of benzene rings is 4. The number of fused-ring (bicyclic) bond motifs is 2. The van der Waals surface area contributed by atoms with Gasteiger partial charge in [0.2, 0.25) is 5.78 Å². The van der Waals surface area contributed by atoms with Gasteiger partial charge in [-0.25, -0.2) is 0 Å². The van der Waals surface area contributed by atoms with Crippen LogP contribution in [-0.2, 0) is 0 Å². The molecule has 0 spiro atoms. The SMILES string of the molecule is O=C1/C(=C/c2cccc(-c3cccc(-c4cnc5ccccc5c4)c3)c2)Oc2ccccc21. The summed E-state index contributed by atoms with van der Waals surface area (Å²) in [6, 6.07) is 34.2. The molecule has 3 heteroatoms. The summed E-state index contributed by atoms with van der Waals surface area (Å²) >= 11 is 0. The molecular formula is C30H19NO2. The number of pyridine rings is 1. The molecule has 33 heavy (non-hydrogen) atoms. The van der Waals surface area contributed by atoms with Gasteiger partial charge in [-0.1, -0.05) is 66.7 Å². The number of para-hydroxylation sites is 2. The molecule has 0 saturated heterocycles. The molecule has 6 rings (SSSR count). The number of rotatable bonds is 3. The first-order valence-electron chi connectivity index (χ1n) is 10.8. The van der Waals surface area contributed by atoms with Gasteiger partial charge in [0.1, 0.15) is 5.75 Å². The van der Waals surface area contributed by atoms with Gasteiger partial charge in [-0.2, -0.15) is 0 Å². The Morgan fingerprint density at radius 1 is 0.667 bits per heavy atom. The lowest BCUT2D eigenvalue weighted by Crippen LogP contribution is -1.98. The Balaban J connectivity index is 1.34. The highest BCUT2D eigenvalue weighted by molar-refractivity contribution is 6.14. The van der Waals surface area contributed by atoms with Gasteiger partial charge in [-0.3, -0.25) is 9.78 Å². The maximum atomic E-state index is 12.7. The first-order valence-corrected chi connectivity index (χ1v) is 10.8. The topological polar surface area (TPSA) is 39.2 Å². The van der Waals surface area contributed by atoms with Gasteiger partial charge in [0, 0.05) is 17.1 Å². The monoisotopic (exact) mass is 425 g/mol. The van der Waals surface area contributed by atoms with E-state index < -0.39 is 0 Å². The number of Topliss-reactive ketones (excluding diaryl/α,β-unsaturated/α-hetero) is 1. The van der Waals surface area contributed by atoms with Gasteiger partial charge in [0.15, 0.2) is 5.76 Å². The van der Waals surface area contributed by atoms with E-state index in [9.17, 15) is 4.79 Å².